The Morgan fingerprint density at radius 1 is 1.86 bits per heavy atom. The van der Waals surface area contributed by atoms with Crippen LogP contribution in [0.25, 0.3) is 0 Å². The molecule has 0 aromatic rings. The van der Waals surface area contributed by atoms with Crippen LogP contribution in [0.2, 0.25) is 0 Å². The maximum atomic E-state index is 11.5. The first-order chi connectivity index (χ1) is 6.55. The van der Waals surface area contributed by atoms with Gasteiger partial charge in [0.1, 0.15) is 6.10 Å². The van der Waals surface area contributed by atoms with Crippen LogP contribution < -0.4 is 11.1 Å². The van der Waals surface area contributed by atoms with Crippen LogP contribution in [0.4, 0.5) is 0 Å². The third-order valence-electron chi connectivity index (χ3n) is 2.22. The van der Waals surface area contributed by atoms with Gasteiger partial charge in [-0.3, -0.25) is 4.79 Å². The first-order valence-electron chi connectivity index (χ1n) is 4.43. The average Bonchev–Trinajstić information content (AvgIpc) is 2.44. The van der Waals surface area contributed by atoms with Gasteiger partial charge >= 0.3 is 5.97 Å². The molecule has 2 atom stereocenters. The molecule has 14 heavy (non-hydrogen) atoms. The fraction of sp³-hybridized carbons (Fsp3) is 0.750. The minimum Gasteiger partial charge on any atom is -0.464 e. The first-order valence-corrected chi connectivity index (χ1v) is 4.43. The quantitative estimate of drug-likeness (QED) is 0.465. The number of hydrogen-bond donors (Lipinski definition) is 3. The molecule has 1 rings (SSSR count). The summed E-state index contributed by atoms with van der Waals surface area (Å²) in [6, 6.07) is 0. The summed E-state index contributed by atoms with van der Waals surface area (Å²) >= 11 is 0. The number of aliphatic hydroxyl groups is 1. The average molecular weight is 202 g/mol. The molecule has 0 aromatic carbocycles. The number of amides is 1. The van der Waals surface area contributed by atoms with Crippen LogP contribution in [-0.2, 0) is 14.3 Å². The van der Waals surface area contributed by atoms with Gasteiger partial charge in [0, 0.05) is 13.0 Å². The maximum Gasteiger partial charge on any atom is 0.333 e. The zero-order chi connectivity index (χ0) is 10.8. The lowest BCUT2D eigenvalue weighted by Crippen LogP contribution is -2.55. The molecule has 0 unspecified atom stereocenters. The lowest BCUT2D eigenvalue weighted by molar-refractivity contribution is -0.151. The van der Waals surface area contributed by atoms with E-state index in [9.17, 15) is 14.7 Å². The molecule has 1 amide bonds. The van der Waals surface area contributed by atoms with Gasteiger partial charge in [-0.15, -0.1) is 0 Å². The zero-order valence-corrected chi connectivity index (χ0v) is 7.95. The second-order valence-electron chi connectivity index (χ2n) is 3.22. The van der Waals surface area contributed by atoms with E-state index in [1.165, 1.54) is 0 Å². The van der Waals surface area contributed by atoms with Crippen LogP contribution in [0.15, 0.2) is 0 Å². The van der Waals surface area contributed by atoms with Gasteiger partial charge in [-0.2, -0.15) is 0 Å². The molecule has 4 N–H and O–H groups in total. The summed E-state index contributed by atoms with van der Waals surface area (Å²) in [7, 11) is 0. The van der Waals surface area contributed by atoms with Crippen molar-refractivity contribution in [2.75, 3.05) is 13.2 Å². The summed E-state index contributed by atoms with van der Waals surface area (Å²) < 4.78 is 4.77. The molecule has 0 spiro atoms. The van der Waals surface area contributed by atoms with Crippen molar-refractivity contribution in [1.29, 1.82) is 0 Å². The number of carbonyl (C=O) groups excluding carboxylic acids is 2. The van der Waals surface area contributed by atoms with Crippen molar-refractivity contribution in [1.82, 2.24) is 5.32 Å². The molecule has 1 saturated heterocycles. The van der Waals surface area contributed by atoms with E-state index >= 15 is 0 Å². The third kappa shape index (κ3) is 1.71. The van der Waals surface area contributed by atoms with Crippen molar-refractivity contribution in [3.63, 3.8) is 0 Å². The Bertz CT molecular complexity index is 256. The number of nitrogens with one attached hydrogen (secondary N) is 1. The predicted octanol–water partition coefficient (Wildman–Crippen LogP) is -1.87. The molecule has 0 aliphatic carbocycles. The van der Waals surface area contributed by atoms with Crippen molar-refractivity contribution in [3.8, 4) is 0 Å². The normalized spacial score (nSPS) is 31.4. The topological polar surface area (TPSA) is 102 Å². The largest absolute Gasteiger partial charge is 0.464 e. The number of hydrogen-bond acceptors (Lipinski definition) is 5. The highest BCUT2D eigenvalue weighted by Gasteiger charge is 2.49. The fourth-order valence-electron chi connectivity index (χ4n) is 1.41. The van der Waals surface area contributed by atoms with Crippen molar-refractivity contribution in [2.45, 2.75) is 25.0 Å². The molecule has 1 aliphatic rings. The van der Waals surface area contributed by atoms with Crippen LogP contribution in [0, 0.1) is 0 Å². The predicted molar refractivity (Wildman–Crippen MR) is 47.2 cm³/mol. The Hall–Kier alpha value is -1.14. The number of ether oxygens (including phenoxy) is 1. The summed E-state index contributed by atoms with van der Waals surface area (Å²) in [6.07, 6.45) is -1.20. The van der Waals surface area contributed by atoms with Crippen molar-refractivity contribution >= 4 is 11.9 Å². The minimum absolute atomic E-state index is 0.0266. The summed E-state index contributed by atoms with van der Waals surface area (Å²) in [5.74, 6) is -1.17. The van der Waals surface area contributed by atoms with Crippen LogP contribution in [0.1, 0.15) is 13.3 Å². The Morgan fingerprint density at radius 3 is 2.86 bits per heavy atom. The van der Waals surface area contributed by atoms with Gasteiger partial charge in [0.15, 0.2) is 5.54 Å². The molecule has 1 fully saturated rings. The summed E-state index contributed by atoms with van der Waals surface area (Å²) in [5, 5.41) is 11.6. The van der Waals surface area contributed by atoms with Gasteiger partial charge in [-0.25, -0.2) is 4.79 Å². The molecule has 0 saturated carbocycles. The second kappa shape index (κ2) is 3.93. The zero-order valence-electron chi connectivity index (χ0n) is 7.95. The van der Waals surface area contributed by atoms with Gasteiger partial charge in [0.05, 0.1) is 6.61 Å². The van der Waals surface area contributed by atoms with Crippen LogP contribution in [0.3, 0.4) is 0 Å². The van der Waals surface area contributed by atoms with E-state index in [0.717, 1.165) is 0 Å². The molecule has 0 bridgehead atoms. The van der Waals surface area contributed by atoms with E-state index in [2.05, 4.69) is 5.32 Å². The van der Waals surface area contributed by atoms with Crippen molar-refractivity contribution in [2.24, 2.45) is 5.73 Å². The molecular formula is C8H14N2O4. The van der Waals surface area contributed by atoms with Crippen LogP contribution >= 0.6 is 0 Å². The number of rotatable bonds is 3. The Balaban J connectivity index is 2.78. The molecule has 6 heteroatoms. The van der Waals surface area contributed by atoms with E-state index in [-0.39, 0.29) is 19.6 Å². The highest BCUT2D eigenvalue weighted by molar-refractivity contribution is 5.94. The lowest BCUT2D eigenvalue weighted by atomic mass is 9.97. The number of carbonyl (C=O) groups is 2. The number of esters is 1. The lowest BCUT2D eigenvalue weighted by Gasteiger charge is -2.24. The number of aliphatic hydroxyl groups excluding tert-OH is 1. The van der Waals surface area contributed by atoms with Crippen molar-refractivity contribution < 1.29 is 19.4 Å². The molecule has 0 aromatic heterocycles. The van der Waals surface area contributed by atoms with Crippen molar-refractivity contribution in [3.05, 3.63) is 0 Å². The number of nitrogens with two attached hydrogens (primary N) is 1. The van der Waals surface area contributed by atoms with Gasteiger partial charge in [-0.1, -0.05) is 0 Å². The van der Waals surface area contributed by atoms with E-state index < -0.39 is 23.5 Å². The molecule has 6 nitrogen and oxygen atoms in total. The summed E-state index contributed by atoms with van der Waals surface area (Å²) in [6.45, 7) is 1.80. The van der Waals surface area contributed by atoms with Gasteiger partial charge < -0.3 is 20.9 Å². The SMILES string of the molecule is CCOC(=O)[C@@]1(CN)C[C@H](O)C(=O)N1. The first kappa shape index (κ1) is 10.9. The third-order valence-corrected chi connectivity index (χ3v) is 2.22. The van der Waals surface area contributed by atoms with Crippen LogP contribution in [0.5, 0.6) is 0 Å². The monoisotopic (exact) mass is 202 g/mol. The molecule has 80 valence electrons. The smallest absolute Gasteiger partial charge is 0.333 e. The van der Waals surface area contributed by atoms with E-state index in [1.807, 2.05) is 0 Å². The Labute approximate surface area is 81.4 Å². The highest BCUT2D eigenvalue weighted by Crippen LogP contribution is 2.21. The second-order valence-corrected chi connectivity index (χ2v) is 3.22. The summed E-state index contributed by atoms with van der Waals surface area (Å²) in [4.78, 5) is 22.5. The van der Waals surface area contributed by atoms with E-state index in [0.29, 0.717) is 0 Å². The fourth-order valence-corrected chi connectivity index (χ4v) is 1.41. The van der Waals surface area contributed by atoms with Gasteiger partial charge in [0.2, 0.25) is 5.91 Å². The Kier molecular flexibility index (Phi) is 3.07. The minimum atomic E-state index is -1.24. The molecule has 0 radical (unpaired) electrons. The van der Waals surface area contributed by atoms with E-state index in [4.69, 9.17) is 10.5 Å². The highest BCUT2D eigenvalue weighted by atomic mass is 16.5. The van der Waals surface area contributed by atoms with Gasteiger partial charge in [-0.05, 0) is 6.92 Å². The molecule has 1 aliphatic heterocycles. The summed E-state index contributed by atoms with van der Waals surface area (Å²) in [5.41, 5.74) is 4.15. The molecular weight excluding hydrogens is 188 g/mol. The standard InChI is InChI=1S/C8H14N2O4/c1-2-14-7(13)8(4-9)3-5(11)6(12)10-8/h5,11H,2-4,9H2,1H3,(H,10,12)/t5-,8-/m0/s1. The molecule has 1 heterocycles. The van der Waals surface area contributed by atoms with Gasteiger partial charge in [0.25, 0.3) is 0 Å². The van der Waals surface area contributed by atoms with Crippen LogP contribution in [-0.4, -0.2) is 41.8 Å². The Morgan fingerprint density at radius 2 is 2.50 bits per heavy atom. The maximum absolute atomic E-state index is 11.5. The van der Waals surface area contributed by atoms with E-state index in [1.54, 1.807) is 6.92 Å².